The van der Waals surface area contributed by atoms with Gasteiger partial charge in [-0.05, 0) is 33.7 Å². The number of rotatable bonds is 3. The lowest BCUT2D eigenvalue weighted by Gasteiger charge is -2.42. The Kier molecular flexibility index (Phi) is 3.79. The highest BCUT2D eigenvalue weighted by Crippen LogP contribution is 2.31. The third kappa shape index (κ3) is 2.98. The summed E-state index contributed by atoms with van der Waals surface area (Å²) in [4.78, 5) is 21.8. The molecule has 0 spiro atoms. The predicted octanol–water partition coefficient (Wildman–Crippen LogP) is 1.46. The topological polar surface area (TPSA) is 74.5 Å². The summed E-state index contributed by atoms with van der Waals surface area (Å²) in [7, 11) is 2.11. The van der Waals surface area contributed by atoms with Crippen LogP contribution in [0.2, 0.25) is 0 Å². The van der Waals surface area contributed by atoms with Gasteiger partial charge >= 0.3 is 0 Å². The second-order valence-corrected chi connectivity index (χ2v) is 7.22. The number of likely N-dealkylation sites (N-methyl/N-ethyl adjacent to an activating group) is 1. The molecule has 1 saturated carbocycles. The van der Waals surface area contributed by atoms with Gasteiger partial charge in [0.2, 0.25) is 0 Å². The van der Waals surface area contributed by atoms with Crippen molar-refractivity contribution in [2.45, 2.75) is 44.8 Å². The highest BCUT2D eigenvalue weighted by Gasteiger charge is 2.32. The summed E-state index contributed by atoms with van der Waals surface area (Å²) in [6, 6.07) is 1.23. The number of aromatic nitrogens is 1. The fraction of sp³-hybridized carbons (Fsp3) is 0.714. The molecule has 2 atom stereocenters. The number of amides is 1. The van der Waals surface area contributed by atoms with Crippen LogP contribution in [0, 0.1) is 0 Å². The van der Waals surface area contributed by atoms with Crippen molar-refractivity contribution in [3.63, 3.8) is 0 Å². The van der Waals surface area contributed by atoms with Gasteiger partial charge in [0.1, 0.15) is 10.7 Å². The van der Waals surface area contributed by atoms with Crippen LogP contribution in [0.4, 0.5) is 10.9 Å². The lowest BCUT2D eigenvalue weighted by molar-refractivity contribution is 0.0419. The van der Waals surface area contributed by atoms with Crippen LogP contribution in [0.5, 0.6) is 0 Å². The van der Waals surface area contributed by atoms with Crippen molar-refractivity contribution in [1.29, 1.82) is 0 Å². The van der Waals surface area contributed by atoms with Crippen molar-refractivity contribution in [3.8, 4) is 0 Å². The zero-order valence-electron chi connectivity index (χ0n) is 12.8. The summed E-state index contributed by atoms with van der Waals surface area (Å²) in [5.74, 6) is 0.369. The van der Waals surface area contributed by atoms with E-state index in [4.69, 9.17) is 5.73 Å². The molecular weight excluding hydrogens is 286 g/mol. The van der Waals surface area contributed by atoms with E-state index < -0.39 is 0 Å². The van der Waals surface area contributed by atoms with Gasteiger partial charge in [0.05, 0.1) is 0 Å². The minimum Gasteiger partial charge on any atom is -0.382 e. The van der Waals surface area contributed by atoms with Crippen LogP contribution in [0.15, 0.2) is 0 Å². The molecule has 1 amide bonds. The number of hydrogen-bond donors (Lipinski definition) is 2. The molecule has 1 aromatic heterocycles. The molecule has 21 heavy (non-hydrogen) atoms. The lowest BCUT2D eigenvalue weighted by Crippen LogP contribution is -2.56. The smallest absolute Gasteiger partial charge is 0.267 e. The maximum atomic E-state index is 12.7. The Hall–Kier alpha value is -1.34. The molecule has 0 bridgehead atoms. The fourth-order valence-corrected chi connectivity index (χ4v) is 3.59. The van der Waals surface area contributed by atoms with Crippen molar-refractivity contribution in [1.82, 2.24) is 14.8 Å². The first kappa shape index (κ1) is 14.6. The number of nitrogen functional groups attached to an aromatic ring is 1. The van der Waals surface area contributed by atoms with Gasteiger partial charge in [0, 0.05) is 31.2 Å². The maximum Gasteiger partial charge on any atom is 0.267 e. The zero-order chi connectivity index (χ0) is 15.1. The normalized spacial score (nSPS) is 26.9. The number of anilines is 2. The number of thiazole rings is 1. The van der Waals surface area contributed by atoms with Crippen LogP contribution >= 0.6 is 11.3 Å². The standard InChI is InChI=1S/C14H23N5OS/c1-8-6-19(7-9(2)18(8)3)13(20)11-12(15)17-14(21-11)16-10-4-5-10/h8-10H,4-7,15H2,1-3H3,(H,16,17). The Morgan fingerprint density at radius 1 is 1.33 bits per heavy atom. The third-order valence-corrected chi connectivity index (χ3v) is 5.39. The number of carbonyl (C=O) groups excluding carboxylic acids is 1. The van der Waals surface area contributed by atoms with E-state index in [1.807, 2.05) is 4.90 Å². The van der Waals surface area contributed by atoms with Crippen LogP contribution in [0.3, 0.4) is 0 Å². The maximum absolute atomic E-state index is 12.7. The van der Waals surface area contributed by atoms with Crippen LogP contribution < -0.4 is 11.1 Å². The second-order valence-electron chi connectivity index (χ2n) is 6.23. The Morgan fingerprint density at radius 3 is 2.52 bits per heavy atom. The first-order valence-corrected chi connectivity index (χ1v) is 8.31. The van der Waals surface area contributed by atoms with Crippen molar-refractivity contribution >= 4 is 28.2 Å². The molecular formula is C14H23N5OS. The Balaban J connectivity index is 1.73. The van der Waals surface area contributed by atoms with E-state index in [9.17, 15) is 4.79 Å². The Bertz CT molecular complexity index is 529. The largest absolute Gasteiger partial charge is 0.382 e. The molecule has 0 radical (unpaired) electrons. The number of carbonyl (C=O) groups is 1. The van der Waals surface area contributed by atoms with E-state index in [1.165, 1.54) is 24.2 Å². The molecule has 1 aliphatic heterocycles. The van der Waals surface area contributed by atoms with Crippen molar-refractivity contribution in [2.75, 3.05) is 31.2 Å². The molecule has 2 fully saturated rings. The SMILES string of the molecule is CC1CN(C(=O)c2sc(NC3CC3)nc2N)CC(C)N1C. The molecule has 2 unspecified atom stereocenters. The number of nitrogens with one attached hydrogen (secondary N) is 1. The van der Waals surface area contributed by atoms with Crippen molar-refractivity contribution < 1.29 is 4.79 Å². The van der Waals surface area contributed by atoms with E-state index >= 15 is 0 Å². The van der Waals surface area contributed by atoms with Crippen molar-refractivity contribution in [2.24, 2.45) is 0 Å². The molecule has 1 aromatic rings. The van der Waals surface area contributed by atoms with Crippen LogP contribution in [0.1, 0.15) is 36.4 Å². The monoisotopic (exact) mass is 309 g/mol. The van der Waals surface area contributed by atoms with E-state index in [-0.39, 0.29) is 5.91 Å². The molecule has 1 saturated heterocycles. The van der Waals surface area contributed by atoms with Gasteiger partial charge in [-0.25, -0.2) is 4.98 Å². The van der Waals surface area contributed by atoms with Gasteiger partial charge in [-0.3, -0.25) is 9.69 Å². The first-order valence-electron chi connectivity index (χ1n) is 7.49. The minimum absolute atomic E-state index is 0.0145. The summed E-state index contributed by atoms with van der Waals surface area (Å²) in [6.45, 7) is 5.77. The van der Waals surface area contributed by atoms with Crippen LogP contribution in [0.25, 0.3) is 0 Å². The molecule has 0 aromatic carbocycles. The zero-order valence-corrected chi connectivity index (χ0v) is 13.6. The molecule has 3 N–H and O–H groups in total. The average Bonchev–Trinajstić information content (AvgIpc) is 3.16. The molecule has 116 valence electrons. The van der Waals surface area contributed by atoms with Gasteiger partial charge in [-0.1, -0.05) is 11.3 Å². The summed E-state index contributed by atoms with van der Waals surface area (Å²) in [5, 5.41) is 4.08. The molecule has 2 aliphatic rings. The summed E-state index contributed by atoms with van der Waals surface area (Å²) in [5.41, 5.74) is 5.94. The van der Waals surface area contributed by atoms with Gasteiger partial charge in [-0.2, -0.15) is 0 Å². The van der Waals surface area contributed by atoms with Gasteiger partial charge in [-0.15, -0.1) is 0 Å². The van der Waals surface area contributed by atoms with Crippen LogP contribution in [-0.4, -0.2) is 59.0 Å². The van der Waals surface area contributed by atoms with E-state index in [0.717, 1.165) is 18.2 Å². The third-order valence-electron chi connectivity index (χ3n) is 4.40. The minimum atomic E-state index is 0.0145. The summed E-state index contributed by atoms with van der Waals surface area (Å²) >= 11 is 1.38. The highest BCUT2D eigenvalue weighted by molar-refractivity contribution is 7.18. The number of nitrogens with two attached hydrogens (primary N) is 1. The van der Waals surface area contributed by atoms with Crippen LogP contribution in [-0.2, 0) is 0 Å². The fourth-order valence-electron chi connectivity index (χ4n) is 2.66. The molecule has 6 nitrogen and oxygen atoms in total. The number of piperazine rings is 1. The van der Waals surface area contributed by atoms with Gasteiger partial charge < -0.3 is 16.0 Å². The highest BCUT2D eigenvalue weighted by atomic mass is 32.1. The molecule has 7 heteroatoms. The lowest BCUT2D eigenvalue weighted by atomic mass is 10.1. The number of nitrogens with zero attached hydrogens (tertiary/aromatic N) is 3. The molecule has 3 rings (SSSR count). The quantitative estimate of drug-likeness (QED) is 0.884. The summed E-state index contributed by atoms with van der Waals surface area (Å²) < 4.78 is 0. The average molecular weight is 309 g/mol. The number of hydrogen-bond acceptors (Lipinski definition) is 6. The van der Waals surface area contributed by atoms with E-state index in [0.29, 0.717) is 28.8 Å². The van der Waals surface area contributed by atoms with Crippen molar-refractivity contribution in [3.05, 3.63) is 4.88 Å². The Labute approximate surface area is 129 Å². The first-order chi connectivity index (χ1) is 9.95. The summed E-state index contributed by atoms with van der Waals surface area (Å²) in [6.07, 6.45) is 2.35. The van der Waals surface area contributed by atoms with E-state index in [1.54, 1.807) is 0 Å². The van der Waals surface area contributed by atoms with Gasteiger partial charge in [0.25, 0.3) is 5.91 Å². The molecule has 1 aliphatic carbocycles. The van der Waals surface area contributed by atoms with E-state index in [2.05, 4.69) is 36.1 Å². The molecule has 2 heterocycles. The second kappa shape index (κ2) is 5.46. The Morgan fingerprint density at radius 2 is 1.95 bits per heavy atom. The van der Waals surface area contributed by atoms with Gasteiger partial charge in [0.15, 0.2) is 5.13 Å². The predicted molar refractivity (Wildman–Crippen MR) is 85.8 cm³/mol.